The predicted octanol–water partition coefficient (Wildman–Crippen LogP) is 3.06. The fourth-order valence-electron chi connectivity index (χ4n) is 4.19. The summed E-state index contributed by atoms with van der Waals surface area (Å²) in [5.74, 6) is 0.518. The zero-order valence-corrected chi connectivity index (χ0v) is 19.1. The number of piperidine rings is 1. The molecule has 2 aromatic rings. The maximum atomic E-state index is 12.8. The van der Waals surface area contributed by atoms with E-state index in [1.54, 1.807) is 18.2 Å². The van der Waals surface area contributed by atoms with E-state index in [9.17, 15) is 14.4 Å². The van der Waals surface area contributed by atoms with Gasteiger partial charge in [-0.05, 0) is 62.4 Å². The van der Waals surface area contributed by atoms with Crippen LogP contribution in [0.15, 0.2) is 36.4 Å². The molecule has 0 saturated carbocycles. The average molecular weight is 452 g/mol. The zero-order chi connectivity index (χ0) is 23.4. The van der Waals surface area contributed by atoms with Crippen molar-refractivity contribution < 1.29 is 23.9 Å². The molecule has 2 aliphatic rings. The molecule has 0 radical (unpaired) electrons. The molecular weight excluding hydrogens is 422 g/mol. The Morgan fingerprint density at radius 2 is 1.79 bits per heavy atom. The van der Waals surface area contributed by atoms with E-state index in [0.717, 1.165) is 43.5 Å². The Balaban J connectivity index is 1.44. The third-order valence-electron chi connectivity index (χ3n) is 5.94. The number of hydrogen-bond donors (Lipinski definition) is 1. The van der Waals surface area contributed by atoms with Gasteiger partial charge in [0.25, 0.3) is 11.8 Å². The lowest BCUT2D eigenvalue weighted by Gasteiger charge is -2.33. The summed E-state index contributed by atoms with van der Waals surface area (Å²) in [5, 5.41) is 2.80. The highest BCUT2D eigenvalue weighted by Crippen LogP contribution is 2.34. The molecule has 1 N–H and O–H groups in total. The molecule has 2 aliphatic heterocycles. The number of ether oxygens (including phenoxy) is 2. The highest BCUT2D eigenvalue weighted by Gasteiger charge is 2.29. The molecule has 33 heavy (non-hydrogen) atoms. The van der Waals surface area contributed by atoms with Crippen molar-refractivity contribution >= 4 is 29.1 Å². The smallest absolute Gasteiger partial charge is 0.265 e. The number of carbonyl (C=O) groups is 3. The molecule has 0 bridgehead atoms. The van der Waals surface area contributed by atoms with Crippen molar-refractivity contribution in [1.82, 2.24) is 4.90 Å². The minimum absolute atomic E-state index is 0.0394. The summed E-state index contributed by atoms with van der Waals surface area (Å²) in [4.78, 5) is 41.1. The molecule has 2 aromatic carbocycles. The number of anilines is 2. The van der Waals surface area contributed by atoms with Crippen molar-refractivity contribution in [3.05, 3.63) is 47.5 Å². The van der Waals surface area contributed by atoms with E-state index in [1.165, 1.54) is 4.90 Å². The second kappa shape index (κ2) is 9.94. The minimum Gasteiger partial charge on any atom is -0.483 e. The molecule has 2 heterocycles. The Hall–Kier alpha value is -3.55. The third-order valence-corrected chi connectivity index (χ3v) is 5.94. The van der Waals surface area contributed by atoms with Crippen molar-refractivity contribution in [2.24, 2.45) is 0 Å². The van der Waals surface area contributed by atoms with Crippen LogP contribution in [0.2, 0.25) is 0 Å². The molecule has 1 fully saturated rings. The van der Waals surface area contributed by atoms with E-state index >= 15 is 0 Å². The Labute approximate surface area is 193 Å². The molecule has 0 spiro atoms. The summed E-state index contributed by atoms with van der Waals surface area (Å²) >= 11 is 0. The number of aryl methyl sites for hydroxylation is 2. The monoisotopic (exact) mass is 451 g/mol. The second-order valence-electron chi connectivity index (χ2n) is 8.45. The molecule has 1 saturated heterocycles. The first-order valence-corrected chi connectivity index (χ1v) is 11.3. The summed E-state index contributed by atoms with van der Waals surface area (Å²) in [5.41, 5.74) is 2.89. The van der Waals surface area contributed by atoms with Crippen LogP contribution in [0, 0.1) is 13.8 Å². The van der Waals surface area contributed by atoms with Gasteiger partial charge in [-0.25, -0.2) is 0 Å². The summed E-state index contributed by atoms with van der Waals surface area (Å²) < 4.78 is 11.3. The number of carbonyl (C=O) groups excluding carboxylic acids is 3. The van der Waals surface area contributed by atoms with E-state index in [4.69, 9.17) is 9.47 Å². The standard InChI is InChI=1S/C25H29N3O5/c1-17-7-6-8-18(2)25(17)33-15-22(29)26-19-9-10-21-20(13-19)28(24(31)16-32-21)14-23(30)27-11-4-3-5-12-27/h6-10,13H,3-5,11-12,14-16H2,1-2H3,(H,26,29). The number of fused-ring (bicyclic) bond motifs is 1. The lowest BCUT2D eigenvalue weighted by atomic mass is 10.1. The summed E-state index contributed by atoms with van der Waals surface area (Å²) in [6.45, 7) is 5.01. The van der Waals surface area contributed by atoms with Gasteiger partial charge >= 0.3 is 0 Å². The first kappa shape index (κ1) is 22.6. The average Bonchev–Trinajstić information content (AvgIpc) is 2.81. The van der Waals surface area contributed by atoms with E-state index in [-0.39, 0.29) is 37.5 Å². The van der Waals surface area contributed by atoms with Crippen molar-refractivity contribution in [2.45, 2.75) is 33.1 Å². The predicted molar refractivity (Wildman–Crippen MR) is 125 cm³/mol. The molecule has 3 amide bonds. The highest BCUT2D eigenvalue weighted by molar-refractivity contribution is 6.03. The van der Waals surface area contributed by atoms with Crippen LogP contribution in [0.4, 0.5) is 11.4 Å². The maximum absolute atomic E-state index is 12.8. The number of para-hydroxylation sites is 1. The molecule has 8 heteroatoms. The van der Waals surface area contributed by atoms with Gasteiger partial charge in [0.1, 0.15) is 18.0 Å². The SMILES string of the molecule is Cc1cccc(C)c1OCC(=O)Nc1ccc2c(c1)N(CC(=O)N1CCCCC1)C(=O)CO2. The van der Waals surface area contributed by atoms with E-state index in [1.807, 2.05) is 36.9 Å². The maximum Gasteiger partial charge on any atom is 0.265 e. The fraction of sp³-hybridized carbons (Fsp3) is 0.400. The van der Waals surface area contributed by atoms with E-state index in [2.05, 4.69) is 5.32 Å². The van der Waals surface area contributed by atoms with Gasteiger partial charge in [0.15, 0.2) is 13.2 Å². The van der Waals surface area contributed by atoms with Gasteiger partial charge in [-0.15, -0.1) is 0 Å². The zero-order valence-electron chi connectivity index (χ0n) is 19.1. The van der Waals surface area contributed by atoms with Gasteiger partial charge < -0.3 is 19.7 Å². The van der Waals surface area contributed by atoms with Gasteiger partial charge in [0.2, 0.25) is 5.91 Å². The third kappa shape index (κ3) is 5.27. The molecule has 0 aromatic heterocycles. The fourth-order valence-corrected chi connectivity index (χ4v) is 4.19. The van der Waals surface area contributed by atoms with Crippen LogP contribution in [-0.4, -0.2) is 55.5 Å². The number of likely N-dealkylation sites (tertiary alicyclic amines) is 1. The second-order valence-corrected chi connectivity index (χ2v) is 8.45. The van der Waals surface area contributed by atoms with Crippen LogP contribution < -0.4 is 19.7 Å². The lowest BCUT2D eigenvalue weighted by Crippen LogP contribution is -2.47. The molecule has 174 valence electrons. The number of amides is 3. The number of nitrogens with one attached hydrogen (secondary N) is 1. The van der Waals surface area contributed by atoms with Crippen LogP contribution in [0.1, 0.15) is 30.4 Å². The summed E-state index contributed by atoms with van der Waals surface area (Å²) in [7, 11) is 0. The van der Waals surface area contributed by atoms with Crippen LogP contribution >= 0.6 is 0 Å². The Kier molecular flexibility index (Phi) is 6.82. The molecule has 8 nitrogen and oxygen atoms in total. The van der Waals surface area contributed by atoms with Crippen LogP contribution in [0.5, 0.6) is 11.5 Å². The first-order chi connectivity index (χ1) is 15.9. The van der Waals surface area contributed by atoms with Gasteiger partial charge in [-0.3, -0.25) is 19.3 Å². The molecule has 0 unspecified atom stereocenters. The van der Waals surface area contributed by atoms with E-state index in [0.29, 0.717) is 22.9 Å². The lowest BCUT2D eigenvalue weighted by molar-refractivity contribution is -0.132. The number of benzene rings is 2. The molecule has 0 aliphatic carbocycles. The molecule has 0 atom stereocenters. The van der Waals surface area contributed by atoms with Crippen molar-refractivity contribution in [1.29, 1.82) is 0 Å². The van der Waals surface area contributed by atoms with Gasteiger partial charge in [0, 0.05) is 18.8 Å². The van der Waals surface area contributed by atoms with Gasteiger partial charge in [-0.2, -0.15) is 0 Å². The van der Waals surface area contributed by atoms with Crippen molar-refractivity contribution in [2.75, 3.05) is 43.1 Å². The van der Waals surface area contributed by atoms with Crippen molar-refractivity contribution in [3.63, 3.8) is 0 Å². The Morgan fingerprint density at radius 3 is 2.52 bits per heavy atom. The Morgan fingerprint density at radius 1 is 1.06 bits per heavy atom. The minimum atomic E-state index is -0.323. The number of hydrogen-bond acceptors (Lipinski definition) is 5. The number of nitrogens with zero attached hydrogens (tertiary/aromatic N) is 2. The summed E-state index contributed by atoms with van der Waals surface area (Å²) in [6.07, 6.45) is 3.10. The van der Waals surface area contributed by atoms with Crippen LogP contribution in [-0.2, 0) is 14.4 Å². The van der Waals surface area contributed by atoms with E-state index < -0.39 is 0 Å². The van der Waals surface area contributed by atoms with Crippen molar-refractivity contribution in [3.8, 4) is 11.5 Å². The molecular formula is C25H29N3O5. The van der Waals surface area contributed by atoms with Crippen LogP contribution in [0.3, 0.4) is 0 Å². The molecule has 4 rings (SSSR count). The quantitative estimate of drug-likeness (QED) is 0.729. The summed E-state index contributed by atoms with van der Waals surface area (Å²) in [6, 6.07) is 10.9. The topological polar surface area (TPSA) is 88.2 Å². The van der Waals surface area contributed by atoms with Crippen LogP contribution in [0.25, 0.3) is 0 Å². The van der Waals surface area contributed by atoms with Gasteiger partial charge in [0.05, 0.1) is 5.69 Å². The first-order valence-electron chi connectivity index (χ1n) is 11.3. The highest BCUT2D eigenvalue weighted by atomic mass is 16.5. The van der Waals surface area contributed by atoms with Gasteiger partial charge in [-0.1, -0.05) is 18.2 Å². The Bertz CT molecular complexity index is 1040. The number of rotatable bonds is 6. The normalized spacial score (nSPS) is 15.5. The largest absolute Gasteiger partial charge is 0.483 e.